The number of anilines is 2. The molecular formula is C23H29F3N2O7S2. The lowest BCUT2D eigenvalue weighted by Gasteiger charge is -2.22. The number of carbonyl (C=O) groups is 2. The third kappa shape index (κ3) is 10.0. The van der Waals surface area contributed by atoms with Gasteiger partial charge in [0.2, 0.25) is 5.91 Å². The van der Waals surface area contributed by atoms with Crippen LogP contribution in [0, 0.1) is 6.92 Å². The summed E-state index contributed by atoms with van der Waals surface area (Å²) >= 11 is 0. The molecule has 0 spiro atoms. The second kappa shape index (κ2) is 12.9. The highest BCUT2D eigenvalue weighted by Gasteiger charge is 2.38. The predicted molar refractivity (Wildman–Crippen MR) is 133 cm³/mol. The maximum Gasteiger partial charge on any atom is 0.490 e. The van der Waals surface area contributed by atoms with Crippen LogP contribution in [0.3, 0.4) is 0 Å². The zero-order valence-corrected chi connectivity index (χ0v) is 22.3. The normalized spacial score (nSPS) is 11.8. The first-order valence-corrected chi connectivity index (χ1v) is 14.4. The Balaban J connectivity index is 0.000000856. The van der Waals surface area contributed by atoms with Crippen LogP contribution in [0.4, 0.5) is 24.5 Å². The number of sulfone groups is 2. The van der Waals surface area contributed by atoms with E-state index in [0.717, 1.165) is 30.6 Å². The van der Waals surface area contributed by atoms with Crippen LogP contribution in [0.25, 0.3) is 0 Å². The number of aliphatic carboxylic acids is 1. The monoisotopic (exact) mass is 566 g/mol. The maximum atomic E-state index is 12.5. The molecule has 2 aromatic carbocycles. The Hall–Kier alpha value is -3.13. The molecule has 0 fully saturated rings. The molecule has 2 rings (SSSR count). The molecule has 1 amide bonds. The molecule has 206 valence electrons. The van der Waals surface area contributed by atoms with E-state index >= 15 is 0 Å². The molecule has 0 aliphatic rings. The van der Waals surface area contributed by atoms with Crippen molar-refractivity contribution in [3.05, 3.63) is 48.0 Å². The molecule has 0 atom stereocenters. The number of hydrogen-bond donors (Lipinski definition) is 2. The highest BCUT2D eigenvalue weighted by molar-refractivity contribution is 7.91. The van der Waals surface area contributed by atoms with Gasteiger partial charge in [0, 0.05) is 37.1 Å². The van der Waals surface area contributed by atoms with E-state index in [1.54, 1.807) is 0 Å². The SMILES string of the molecule is CCN(CC)c1ccc(NC(=O)CCS(=O)(=O)c2ccc(S(C)(=O)=O)cc2)c(C)c1.O=C(O)C(F)(F)F. The topological polar surface area (TPSA) is 138 Å². The van der Waals surface area contributed by atoms with Crippen LogP contribution in [0.1, 0.15) is 25.8 Å². The van der Waals surface area contributed by atoms with E-state index < -0.39 is 37.7 Å². The molecule has 0 radical (unpaired) electrons. The van der Waals surface area contributed by atoms with Crippen LogP contribution in [0.2, 0.25) is 0 Å². The van der Waals surface area contributed by atoms with E-state index in [1.807, 2.05) is 25.1 Å². The van der Waals surface area contributed by atoms with Crippen LogP contribution in [-0.2, 0) is 29.3 Å². The van der Waals surface area contributed by atoms with Gasteiger partial charge in [-0.1, -0.05) is 0 Å². The second-order valence-corrected chi connectivity index (χ2v) is 12.0. The molecule has 2 N–H and O–H groups in total. The number of amides is 1. The predicted octanol–water partition coefficient (Wildman–Crippen LogP) is 3.68. The minimum absolute atomic E-state index is 0.0116. The summed E-state index contributed by atoms with van der Waals surface area (Å²) in [6.45, 7) is 7.80. The number of carboxylic acid groups (broad SMARTS) is 1. The fraction of sp³-hybridized carbons (Fsp3) is 0.391. The second-order valence-electron chi connectivity index (χ2n) is 7.84. The van der Waals surface area contributed by atoms with E-state index in [0.29, 0.717) is 5.69 Å². The van der Waals surface area contributed by atoms with Gasteiger partial charge in [0.25, 0.3) is 0 Å². The molecule has 0 aliphatic carbocycles. The highest BCUT2D eigenvalue weighted by atomic mass is 32.2. The van der Waals surface area contributed by atoms with Crippen LogP contribution in [0.5, 0.6) is 0 Å². The molecule has 0 aromatic heterocycles. The van der Waals surface area contributed by atoms with E-state index in [-0.39, 0.29) is 22.0 Å². The number of carbonyl (C=O) groups excluding carboxylic acids is 1. The molecule has 0 unspecified atom stereocenters. The van der Waals surface area contributed by atoms with Crippen molar-refractivity contribution < 1.29 is 44.7 Å². The fourth-order valence-corrected chi connectivity index (χ4v) is 4.90. The summed E-state index contributed by atoms with van der Waals surface area (Å²) in [4.78, 5) is 23.4. The first-order valence-electron chi connectivity index (χ1n) is 10.9. The molecular weight excluding hydrogens is 537 g/mol. The molecule has 0 saturated carbocycles. The van der Waals surface area contributed by atoms with E-state index in [9.17, 15) is 34.8 Å². The summed E-state index contributed by atoms with van der Waals surface area (Å²) in [5, 5.41) is 9.89. The van der Waals surface area contributed by atoms with Crippen LogP contribution in [-0.4, -0.2) is 65.1 Å². The largest absolute Gasteiger partial charge is 0.490 e. The molecule has 0 bridgehead atoms. The van der Waals surface area contributed by atoms with Crippen molar-refractivity contribution in [1.82, 2.24) is 0 Å². The third-order valence-electron chi connectivity index (χ3n) is 5.06. The van der Waals surface area contributed by atoms with Gasteiger partial charge in [0.05, 0.1) is 15.5 Å². The number of hydrogen-bond acceptors (Lipinski definition) is 7. The minimum Gasteiger partial charge on any atom is -0.475 e. The van der Waals surface area contributed by atoms with Crippen molar-refractivity contribution in [3.63, 3.8) is 0 Å². The Morgan fingerprint density at radius 3 is 1.84 bits per heavy atom. The third-order valence-corrected chi connectivity index (χ3v) is 7.92. The molecule has 14 heteroatoms. The first-order chi connectivity index (χ1) is 16.9. The van der Waals surface area contributed by atoms with Gasteiger partial charge < -0.3 is 15.3 Å². The van der Waals surface area contributed by atoms with Gasteiger partial charge in [-0.25, -0.2) is 21.6 Å². The summed E-state index contributed by atoms with van der Waals surface area (Å²) in [5.41, 5.74) is 2.60. The maximum absolute atomic E-state index is 12.5. The van der Waals surface area contributed by atoms with E-state index in [4.69, 9.17) is 9.90 Å². The van der Waals surface area contributed by atoms with Gasteiger partial charge >= 0.3 is 12.1 Å². The summed E-state index contributed by atoms with van der Waals surface area (Å²) in [7, 11) is -7.11. The smallest absolute Gasteiger partial charge is 0.475 e. The number of nitrogens with zero attached hydrogens (tertiary/aromatic N) is 1. The summed E-state index contributed by atoms with van der Waals surface area (Å²) in [5.74, 6) is -3.52. The molecule has 9 nitrogen and oxygen atoms in total. The number of nitrogens with one attached hydrogen (secondary N) is 1. The molecule has 0 heterocycles. The number of benzene rings is 2. The van der Waals surface area contributed by atoms with Crippen molar-refractivity contribution in [2.45, 2.75) is 43.2 Å². The lowest BCUT2D eigenvalue weighted by Crippen LogP contribution is -2.22. The van der Waals surface area contributed by atoms with Crippen LogP contribution >= 0.6 is 0 Å². The van der Waals surface area contributed by atoms with Crippen LogP contribution in [0.15, 0.2) is 52.3 Å². The zero-order chi connectivity index (χ0) is 28.6. The van der Waals surface area contributed by atoms with Crippen molar-refractivity contribution in [2.75, 3.05) is 35.3 Å². The Morgan fingerprint density at radius 1 is 0.946 bits per heavy atom. The highest BCUT2D eigenvalue weighted by Crippen LogP contribution is 2.23. The van der Waals surface area contributed by atoms with Gasteiger partial charge in [-0.15, -0.1) is 0 Å². The summed E-state index contributed by atoms with van der Waals surface area (Å²) in [6, 6.07) is 10.7. The van der Waals surface area contributed by atoms with Crippen molar-refractivity contribution in [3.8, 4) is 0 Å². The Labute approximate surface area is 214 Å². The number of aryl methyl sites for hydroxylation is 1. The minimum atomic E-state index is -5.08. The Morgan fingerprint density at radius 2 is 1.43 bits per heavy atom. The average Bonchev–Trinajstić information content (AvgIpc) is 2.79. The lowest BCUT2D eigenvalue weighted by molar-refractivity contribution is -0.192. The standard InChI is InChI=1S/C21H28N2O5S2.C2HF3O2/c1-5-23(6-2)17-7-12-20(16(3)15-17)22-21(24)13-14-30(27,28)19-10-8-18(9-11-19)29(4,25)26;3-2(4,5)1(6)7/h7-12,15H,5-6,13-14H2,1-4H3,(H,22,24);(H,6,7). The fourth-order valence-electron chi connectivity index (χ4n) is 3.03. The Bertz CT molecular complexity index is 1300. The number of halogens is 3. The van der Waals surface area contributed by atoms with E-state index in [1.165, 1.54) is 24.3 Å². The first kappa shape index (κ1) is 31.9. The average molecular weight is 567 g/mol. The summed E-state index contributed by atoms with van der Waals surface area (Å²) in [6.07, 6.45) is -4.23. The zero-order valence-electron chi connectivity index (χ0n) is 20.7. The lowest BCUT2D eigenvalue weighted by atomic mass is 10.1. The van der Waals surface area contributed by atoms with Gasteiger partial charge in [-0.05, 0) is 68.8 Å². The number of rotatable bonds is 9. The van der Waals surface area contributed by atoms with Gasteiger partial charge in [-0.3, -0.25) is 4.79 Å². The molecule has 0 aliphatic heterocycles. The van der Waals surface area contributed by atoms with Crippen LogP contribution < -0.4 is 10.2 Å². The van der Waals surface area contributed by atoms with Gasteiger partial charge in [-0.2, -0.15) is 13.2 Å². The van der Waals surface area contributed by atoms with Crippen molar-refractivity contribution >= 4 is 42.9 Å². The Kier molecular flexibility index (Phi) is 11.1. The van der Waals surface area contributed by atoms with Crippen molar-refractivity contribution in [2.24, 2.45) is 0 Å². The molecule has 37 heavy (non-hydrogen) atoms. The molecule has 2 aromatic rings. The van der Waals surface area contributed by atoms with Gasteiger partial charge in [0.15, 0.2) is 19.7 Å². The van der Waals surface area contributed by atoms with Crippen molar-refractivity contribution in [1.29, 1.82) is 0 Å². The summed E-state index contributed by atoms with van der Waals surface area (Å²) < 4.78 is 79.7. The molecule has 0 saturated heterocycles. The number of carboxylic acids is 1. The number of alkyl halides is 3. The van der Waals surface area contributed by atoms with Gasteiger partial charge in [0.1, 0.15) is 0 Å². The quantitative estimate of drug-likeness (QED) is 0.469. The van der Waals surface area contributed by atoms with E-state index in [2.05, 4.69) is 24.1 Å².